The molecule has 9 nitrogen and oxygen atoms in total. The number of nitrogens with one attached hydrogen (secondary N) is 2. The lowest BCUT2D eigenvalue weighted by Gasteiger charge is -2.23. The maximum Gasteiger partial charge on any atom is 0.236 e. The number of rotatable bonds is 6. The number of sulfonamides is 1. The van der Waals surface area contributed by atoms with Crippen LogP contribution in [0.1, 0.15) is 0 Å². The summed E-state index contributed by atoms with van der Waals surface area (Å²) in [5.74, 6) is 1.12. The van der Waals surface area contributed by atoms with Crippen molar-refractivity contribution in [3.8, 4) is 5.75 Å². The van der Waals surface area contributed by atoms with Gasteiger partial charge < -0.3 is 4.74 Å². The summed E-state index contributed by atoms with van der Waals surface area (Å²) in [5, 5.41) is 7.63. The maximum atomic E-state index is 11.5. The summed E-state index contributed by atoms with van der Waals surface area (Å²) in [5.41, 5.74) is 2.60. The molecule has 0 atom stereocenters. The zero-order valence-electron chi connectivity index (χ0n) is 15.7. The van der Waals surface area contributed by atoms with Gasteiger partial charge in [0.05, 0.1) is 30.6 Å². The third kappa shape index (κ3) is 4.11. The summed E-state index contributed by atoms with van der Waals surface area (Å²) >= 11 is 0. The van der Waals surface area contributed by atoms with E-state index < -0.39 is 10.0 Å². The second-order valence-corrected chi connectivity index (χ2v) is 8.05. The summed E-state index contributed by atoms with van der Waals surface area (Å²) < 4.78 is 30.7. The second kappa shape index (κ2) is 7.40. The van der Waals surface area contributed by atoms with Crippen LogP contribution in [0.3, 0.4) is 0 Å². The highest BCUT2D eigenvalue weighted by Crippen LogP contribution is 2.34. The Bertz CT molecular complexity index is 1250. The number of hydrogen-bond acceptors (Lipinski definition) is 7. The molecular formula is C19H18N6O3S. The molecule has 2 aromatic heterocycles. The van der Waals surface area contributed by atoms with Gasteiger partial charge in [0.15, 0.2) is 5.65 Å². The average Bonchev–Trinajstić information content (AvgIpc) is 3.16. The largest absolute Gasteiger partial charge is 0.497 e. The third-order valence-corrected chi connectivity index (χ3v) is 4.73. The van der Waals surface area contributed by atoms with Gasteiger partial charge in [-0.05, 0) is 36.4 Å². The Kier molecular flexibility index (Phi) is 4.77. The number of anilines is 4. The molecule has 0 spiro atoms. The van der Waals surface area contributed by atoms with Crippen LogP contribution >= 0.6 is 0 Å². The number of aromatic amines is 1. The quantitative estimate of drug-likeness (QED) is 0.502. The molecule has 0 aliphatic heterocycles. The van der Waals surface area contributed by atoms with Gasteiger partial charge in [0.1, 0.15) is 5.75 Å². The molecule has 2 heterocycles. The Morgan fingerprint density at radius 2 is 1.86 bits per heavy atom. The molecule has 0 unspecified atom stereocenters. The molecule has 148 valence electrons. The number of ether oxygens (including phenoxy) is 1. The van der Waals surface area contributed by atoms with Gasteiger partial charge in [0.2, 0.25) is 16.0 Å². The minimum absolute atomic E-state index is 0.429. The van der Waals surface area contributed by atoms with Gasteiger partial charge in [-0.3, -0.25) is 14.7 Å². The van der Waals surface area contributed by atoms with Gasteiger partial charge in [-0.1, -0.05) is 6.07 Å². The molecular weight excluding hydrogens is 392 g/mol. The van der Waals surface area contributed by atoms with Crippen molar-refractivity contribution in [3.63, 3.8) is 0 Å². The zero-order chi connectivity index (χ0) is 20.4. The minimum atomic E-state index is -3.36. The first kappa shape index (κ1) is 18.7. The predicted octanol–water partition coefficient (Wildman–Crippen LogP) is 3.20. The van der Waals surface area contributed by atoms with E-state index in [1.807, 2.05) is 29.2 Å². The SMILES string of the molecule is COc1cccc(N(c2ccc(NS(C)(=O)=O)cc2)c2ncc3cn[nH]c3n2)c1. The standard InChI is InChI=1S/C19H18N6O3S/c1-28-17-5-3-4-16(10-17)25(19-20-11-13-12-21-23-18(13)22-19)15-8-6-14(7-9-15)24-29(2,26)27/h3-12,24H,1-2H3,(H,20,21,22,23). The van der Waals surface area contributed by atoms with Crippen LogP contribution in [0.5, 0.6) is 5.75 Å². The Hall–Kier alpha value is -3.66. The van der Waals surface area contributed by atoms with Crippen LogP contribution in [0.25, 0.3) is 11.0 Å². The molecule has 0 saturated heterocycles. The van der Waals surface area contributed by atoms with Gasteiger partial charge in [0, 0.05) is 23.6 Å². The van der Waals surface area contributed by atoms with Crippen molar-refractivity contribution in [2.24, 2.45) is 0 Å². The summed E-state index contributed by atoms with van der Waals surface area (Å²) in [6.07, 6.45) is 4.45. The van der Waals surface area contributed by atoms with Gasteiger partial charge in [0.25, 0.3) is 0 Å². The van der Waals surface area contributed by atoms with E-state index in [-0.39, 0.29) is 0 Å². The van der Waals surface area contributed by atoms with Crippen molar-refractivity contribution >= 4 is 44.1 Å². The van der Waals surface area contributed by atoms with Crippen molar-refractivity contribution in [2.75, 3.05) is 23.0 Å². The van der Waals surface area contributed by atoms with E-state index in [1.54, 1.807) is 43.8 Å². The average molecular weight is 410 g/mol. The summed E-state index contributed by atoms with van der Waals surface area (Å²) in [6, 6.07) is 14.4. The van der Waals surface area contributed by atoms with Gasteiger partial charge in [-0.25, -0.2) is 13.4 Å². The lowest BCUT2D eigenvalue weighted by Crippen LogP contribution is -2.14. The van der Waals surface area contributed by atoms with Gasteiger partial charge in [-0.15, -0.1) is 0 Å². The highest BCUT2D eigenvalue weighted by molar-refractivity contribution is 7.92. The monoisotopic (exact) mass is 410 g/mol. The van der Waals surface area contributed by atoms with Crippen molar-refractivity contribution < 1.29 is 13.2 Å². The third-order valence-electron chi connectivity index (χ3n) is 4.12. The fourth-order valence-electron chi connectivity index (χ4n) is 2.86. The van der Waals surface area contributed by atoms with Crippen LogP contribution in [0, 0.1) is 0 Å². The number of hydrogen-bond donors (Lipinski definition) is 2. The number of fused-ring (bicyclic) bond motifs is 1. The van der Waals surface area contributed by atoms with Crippen LogP contribution in [0.4, 0.5) is 23.0 Å². The fourth-order valence-corrected chi connectivity index (χ4v) is 3.42. The minimum Gasteiger partial charge on any atom is -0.497 e. The van der Waals surface area contributed by atoms with Gasteiger partial charge in [-0.2, -0.15) is 10.1 Å². The lowest BCUT2D eigenvalue weighted by atomic mass is 10.2. The lowest BCUT2D eigenvalue weighted by molar-refractivity contribution is 0.415. The molecule has 4 aromatic rings. The summed E-state index contributed by atoms with van der Waals surface area (Å²) in [4.78, 5) is 10.9. The molecule has 0 amide bonds. The Balaban J connectivity index is 1.81. The first-order chi connectivity index (χ1) is 13.9. The zero-order valence-corrected chi connectivity index (χ0v) is 16.5. The second-order valence-electron chi connectivity index (χ2n) is 6.30. The molecule has 10 heteroatoms. The van der Waals surface area contributed by atoms with Crippen LogP contribution in [0.2, 0.25) is 0 Å². The van der Waals surface area contributed by atoms with Crippen LogP contribution in [0.15, 0.2) is 60.9 Å². The Morgan fingerprint density at radius 1 is 1.07 bits per heavy atom. The topological polar surface area (TPSA) is 113 Å². The number of H-pyrrole nitrogens is 1. The van der Waals surface area contributed by atoms with E-state index in [9.17, 15) is 8.42 Å². The van der Waals surface area contributed by atoms with Crippen molar-refractivity contribution in [1.29, 1.82) is 0 Å². The van der Waals surface area contributed by atoms with E-state index in [1.165, 1.54) is 0 Å². The smallest absolute Gasteiger partial charge is 0.236 e. The fraction of sp³-hybridized carbons (Fsp3) is 0.105. The molecule has 0 bridgehead atoms. The Labute approximate surface area is 167 Å². The number of nitrogens with zero attached hydrogens (tertiary/aromatic N) is 4. The molecule has 2 aromatic carbocycles. The molecule has 0 aliphatic carbocycles. The maximum absolute atomic E-state index is 11.5. The highest BCUT2D eigenvalue weighted by Gasteiger charge is 2.17. The van der Waals surface area contributed by atoms with E-state index in [4.69, 9.17) is 4.74 Å². The molecule has 29 heavy (non-hydrogen) atoms. The van der Waals surface area contributed by atoms with Crippen LogP contribution in [-0.4, -0.2) is 41.9 Å². The molecule has 0 aliphatic rings. The highest BCUT2D eigenvalue weighted by atomic mass is 32.2. The van der Waals surface area contributed by atoms with Crippen molar-refractivity contribution in [1.82, 2.24) is 20.2 Å². The number of methoxy groups -OCH3 is 1. The van der Waals surface area contributed by atoms with E-state index in [2.05, 4.69) is 24.9 Å². The normalized spacial score (nSPS) is 11.4. The number of benzene rings is 2. The first-order valence-electron chi connectivity index (χ1n) is 8.61. The van der Waals surface area contributed by atoms with E-state index in [0.29, 0.717) is 23.0 Å². The van der Waals surface area contributed by atoms with E-state index >= 15 is 0 Å². The number of aromatic nitrogens is 4. The van der Waals surface area contributed by atoms with E-state index in [0.717, 1.165) is 23.0 Å². The van der Waals surface area contributed by atoms with Crippen molar-refractivity contribution in [2.45, 2.75) is 0 Å². The van der Waals surface area contributed by atoms with Gasteiger partial charge >= 0.3 is 0 Å². The molecule has 0 fully saturated rings. The van der Waals surface area contributed by atoms with Crippen LogP contribution in [-0.2, 0) is 10.0 Å². The summed E-state index contributed by atoms with van der Waals surface area (Å²) in [7, 11) is -1.76. The molecule has 0 saturated carbocycles. The predicted molar refractivity (Wildman–Crippen MR) is 111 cm³/mol. The molecule has 4 rings (SSSR count). The van der Waals surface area contributed by atoms with Crippen LogP contribution < -0.4 is 14.4 Å². The Morgan fingerprint density at radius 3 is 2.59 bits per heavy atom. The van der Waals surface area contributed by atoms with Crippen molar-refractivity contribution in [3.05, 3.63) is 60.9 Å². The molecule has 0 radical (unpaired) electrons. The molecule has 2 N–H and O–H groups in total. The summed E-state index contributed by atoms with van der Waals surface area (Å²) in [6.45, 7) is 0. The first-order valence-corrected chi connectivity index (χ1v) is 10.5.